The smallest absolute Gasteiger partial charge is 0.179 e. The summed E-state index contributed by atoms with van der Waals surface area (Å²) in [6, 6.07) is 6.90. The Bertz CT molecular complexity index is 401. The third-order valence-corrected chi connectivity index (χ3v) is 3.77. The standard InChI is InChI=1S/C16H25ClN2O/c1-4-19(5-2)12-6-11-18-13(3)16(20)14-7-9-15(17)10-8-14/h7-10,13,18H,4-6,11-12H2,1-3H3. The zero-order valence-electron chi connectivity index (χ0n) is 12.7. The Labute approximate surface area is 127 Å². The number of Topliss-reactive ketones (excluding diaryl/α,β-unsaturated/α-hetero) is 1. The second-order valence-corrected chi connectivity index (χ2v) is 5.36. The molecule has 0 aliphatic carbocycles. The fourth-order valence-corrected chi connectivity index (χ4v) is 2.24. The molecule has 0 spiro atoms. The van der Waals surface area contributed by atoms with Gasteiger partial charge in [-0.15, -0.1) is 0 Å². The van der Waals surface area contributed by atoms with Gasteiger partial charge in [0, 0.05) is 10.6 Å². The molecular weight excluding hydrogens is 272 g/mol. The number of benzene rings is 1. The molecular formula is C16H25ClN2O. The van der Waals surface area contributed by atoms with Crippen LogP contribution in [0.25, 0.3) is 0 Å². The summed E-state index contributed by atoms with van der Waals surface area (Å²) in [5.41, 5.74) is 0.707. The summed E-state index contributed by atoms with van der Waals surface area (Å²) in [6.07, 6.45) is 1.06. The van der Waals surface area contributed by atoms with Crippen LogP contribution in [0.2, 0.25) is 5.02 Å². The molecule has 0 saturated heterocycles. The van der Waals surface area contributed by atoms with Gasteiger partial charge in [0.25, 0.3) is 0 Å². The van der Waals surface area contributed by atoms with E-state index in [-0.39, 0.29) is 11.8 Å². The molecule has 1 unspecified atom stereocenters. The number of halogens is 1. The summed E-state index contributed by atoms with van der Waals surface area (Å²) < 4.78 is 0. The predicted molar refractivity (Wildman–Crippen MR) is 85.7 cm³/mol. The van der Waals surface area contributed by atoms with Gasteiger partial charge >= 0.3 is 0 Å². The highest BCUT2D eigenvalue weighted by Crippen LogP contribution is 2.11. The Morgan fingerprint density at radius 2 is 1.85 bits per heavy atom. The van der Waals surface area contributed by atoms with E-state index in [1.54, 1.807) is 24.3 Å². The first kappa shape index (κ1) is 17.2. The molecule has 1 atom stereocenters. The first-order valence-electron chi connectivity index (χ1n) is 7.34. The maximum absolute atomic E-state index is 12.2. The maximum atomic E-state index is 12.2. The van der Waals surface area contributed by atoms with E-state index in [1.807, 2.05) is 6.92 Å². The van der Waals surface area contributed by atoms with Crippen molar-refractivity contribution in [2.75, 3.05) is 26.2 Å². The van der Waals surface area contributed by atoms with Gasteiger partial charge < -0.3 is 10.2 Å². The van der Waals surface area contributed by atoms with Gasteiger partial charge in [0.15, 0.2) is 5.78 Å². The average Bonchev–Trinajstić information content (AvgIpc) is 2.47. The van der Waals surface area contributed by atoms with Crippen LogP contribution in [0.5, 0.6) is 0 Å². The zero-order valence-corrected chi connectivity index (χ0v) is 13.4. The van der Waals surface area contributed by atoms with Crippen LogP contribution in [0.4, 0.5) is 0 Å². The van der Waals surface area contributed by atoms with Gasteiger partial charge in [-0.05, 0) is 63.8 Å². The largest absolute Gasteiger partial charge is 0.307 e. The summed E-state index contributed by atoms with van der Waals surface area (Å²) in [5.74, 6) is 0.115. The minimum atomic E-state index is -0.159. The molecule has 20 heavy (non-hydrogen) atoms. The lowest BCUT2D eigenvalue weighted by Crippen LogP contribution is -2.36. The van der Waals surface area contributed by atoms with Crippen LogP contribution >= 0.6 is 11.6 Å². The Balaban J connectivity index is 2.33. The fraction of sp³-hybridized carbons (Fsp3) is 0.562. The van der Waals surface area contributed by atoms with Gasteiger partial charge in [-0.2, -0.15) is 0 Å². The van der Waals surface area contributed by atoms with E-state index < -0.39 is 0 Å². The summed E-state index contributed by atoms with van der Waals surface area (Å²) in [6.45, 7) is 10.3. The number of hydrogen-bond donors (Lipinski definition) is 1. The highest BCUT2D eigenvalue weighted by atomic mass is 35.5. The molecule has 0 aromatic heterocycles. The van der Waals surface area contributed by atoms with E-state index in [9.17, 15) is 4.79 Å². The van der Waals surface area contributed by atoms with Crippen LogP contribution in [0.1, 0.15) is 37.6 Å². The lowest BCUT2D eigenvalue weighted by atomic mass is 10.1. The highest BCUT2D eigenvalue weighted by Gasteiger charge is 2.14. The molecule has 0 aliphatic heterocycles. The van der Waals surface area contributed by atoms with Crippen LogP contribution in [0.3, 0.4) is 0 Å². The van der Waals surface area contributed by atoms with Gasteiger partial charge in [-0.3, -0.25) is 4.79 Å². The lowest BCUT2D eigenvalue weighted by molar-refractivity contribution is 0.0950. The molecule has 3 nitrogen and oxygen atoms in total. The first-order chi connectivity index (χ1) is 9.58. The van der Waals surface area contributed by atoms with Crippen molar-refractivity contribution in [1.29, 1.82) is 0 Å². The Hall–Kier alpha value is -0.900. The zero-order chi connectivity index (χ0) is 15.0. The van der Waals surface area contributed by atoms with E-state index >= 15 is 0 Å². The second kappa shape index (κ2) is 9.11. The molecule has 1 rings (SSSR count). The van der Waals surface area contributed by atoms with Gasteiger partial charge in [-0.1, -0.05) is 25.4 Å². The third-order valence-electron chi connectivity index (χ3n) is 3.52. The molecule has 112 valence electrons. The minimum absolute atomic E-state index is 0.115. The molecule has 1 N–H and O–H groups in total. The van der Waals surface area contributed by atoms with Crippen LogP contribution < -0.4 is 5.32 Å². The molecule has 0 amide bonds. The summed E-state index contributed by atoms with van der Waals surface area (Å²) in [7, 11) is 0. The van der Waals surface area contributed by atoms with Crippen LogP contribution in [0.15, 0.2) is 24.3 Å². The number of nitrogens with one attached hydrogen (secondary N) is 1. The number of hydrogen-bond acceptors (Lipinski definition) is 3. The van der Waals surface area contributed by atoms with Crippen molar-refractivity contribution < 1.29 is 4.79 Å². The van der Waals surface area contributed by atoms with E-state index in [4.69, 9.17) is 11.6 Å². The van der Waals surface area contributed by atoms with Crippen molar-refractivity contribution in [2.24, 2.45) is 0 Å². The second-order valence-electron chi connectivity index (χ2n) is 4.93. The quantitative estimate of drug-likeness (QED) is 0.561. The molecule has 0 saturated carbocycles. The number of rotatable bonds is 9. The molecule has 1 aromatic rings. The summed E-state index contributed by atoms with van der Waals surface area (Å²) in [5, 5.41) is 3.94. The van der Waals surface area contributed by atoms with Crippen molar-refractivity contribution in [3.05, 3.63) is 34.9 Å². The van der Waals surface area contributed by atoms with Crippen LogP contribution in [0, 0.1) is 0 Å². The van der Waals surface area contributed by atoms with Gasteiger partial charge in [-0.25, -0.2) is 0 Å². The van der Waals surface area contributed by atoms with Crippen molar-refractivity contribution in [3.63, 3.8) is 0 Å². The monoisotopic (exact) mass is 296 g/mol. The van der Waals surface area contributed by atoms with E-state index in [2.05, 4.69) is 24.1 Å². The topological polar surface area (TPSA) is 32.3 Å². The molecule has 0 fully saturated rings. The van der Waals surface area contributed by atoms with Gasteiger partial charge in [0.05, 0.1) is 6.04 Å². The molecule has 0 aliphatic rings. The SMILES string of the molecule is CCN(CC)CCCNC(C)C(=O)c1ccc(Cl)cc1. The Morgan fingerprint density at radius 3 is 2.40 bits per heavy atom. The fourth-order valence-electron chi connectivity index (χ4n) is 2.12. The van der Waals surface area contributed by atoms with E-state index in [0.717, 1.165) is 32.6 Å². The van der Waals surface area contributed by atoms with E-state index in [1.165, 1.54) is 0 Å². The van der Waals surface area contributed by atoms with Crippen molar-refractivity contribution >= 4 is 17.4 Å². The molecule has 0 radical (unpaired) electrons. The Kier molecular flexibility index (Phi) is 7.82. The number of nitrogens with zero attached hydrogens (tertiary/aromatic N) is 1. The predicted octanol–water partition coefficient (Wildman–Crippen LogP) is 3.23. The van der Waals surface area contributed by atoms with E-state index in [0.29, 0.717) is 10.6 Å². The van der Waals surface area contributed by atoms with Gasteiger partial charge in [0.1, 0.15) is 0 Å². The third kappa shape index (κ3) is 5.61. The van der Waals surface area contributed by atoms with Gasteiger partial charge in [0.2, 0.25) is 0 Å². The number of carbonyl (C=O) groups excluding carboxylic acids is 1. The normalized spacial score (nSPS) is 12.7. The first-order valence-corrected chi connectivity index (χ1v) is 7.71. The maximum Gasteiger partial charge on any atom is 0.179 e. The van der Waals surface area contributed by atoms with Crippen LogP contribution in [-0.2, 0) is 0 Å². The van der Waals surface area contributed by atoms with Crippen molar-refractivity contribution in [2.45, 2.75) is 33.2 Å². The minimum Gasteiger partial charge on any atom is -0.307 e. The Morgan fingerprint density at radius 1 is 1.25 bits per heavy atom. The molecule has 1 aromatic carbocycles. The van der Waals surface area contributed by atoms with Crippen molar-refractivity contribution in [3.8, 4) is 0 Å². The molecule has 0 bridgehead atoms. The molecule has 0 heterocycles. The number of carbonyl (C=O) groups is 1. The lowest BCUT2D eigenvalue weighted by Gasteiger charge is -2.19. The summed E-state index contributed by atoms with van der Waals surface area (Å²) in [4.78, 5) is 14.6. The molecule has 4 heteroatoms. The average molecular weight is 297 g/mol. The highest BCUT2D eigenvalue weighted by molar-refractivity contribution is 6.30. The summed E-state index contributed by atoms with van der Waals surface area (Å²) >= 11 is 5.82. The van der Waals surface area contributed by atoms with Crippen molar-refractivity contribution in [1.82, 2.24) is 10.2 Å². The number of ketones is 1. The van der Waals surface area contributed by atoms with Crippen LogP contribution in [-0.4, -0.2) is 42.9 Å².